The summed E-state index contributed by atoms with van der Waals surface area (Å²) in [4.78, 5) is 0. The Morgan fingerprint density at radius 3 is 1.80 bits per heavy atom. The van der Waals surface area contributed by atoms with Gasteiger partial charge in [-0.05, 0) is 114 Å². The van der Waals surface area contributed by atoms with E-state index in [1.807, 2.05) is 48.5 Å². The van der Waals surface area contributed by atoms with Gasteiger partial charge in [-0.3, -0.25) is 0 Å². The van der Waals surface area contributed by atoms with E-state index in [2.05, 4.69) is 0 Å². The third-order valence-electron chi connectivity index (χ3n) is 9.14. The van der Waals surface area contributed by atoms with Crippen LogP contribution in [0.1, 0.15) is 48.3 Å². The molecular weight excluding hydrogens is 617 g/mol. The van der Waals surface area contributed by atoms with Crippen LogP contribution in [-0.4, -0.2) is 0 Å². The van der Waals surface area contributed by atoms with Crippen molar-refractivity contribution in [3.63, 3.8) is 0 Å². The molecule has 0 unspecified atom stereocenters. The van der Waals surface area contributed by atoms with Crippen LogP contribution < -0.4 is 0 Å². The first-order valence-corrected chi connectivity index (χ1v) is 16.2. The molecule has 0 N–H and O–H groups in total. The Bertz CT molecular complexity index is 3880. The molecule has 0 atom stereocenters. The van der Waals surface area contributed by atoms with Crippen molar-refractivity contribution >= 4 is 54.3 Å². The van der Waals surface area contributed by atoms with Crippen molar-refractivity contribution in [1.82, 2.24) is 0 Å². The van der Waals surface area contributed by atoms with Gasteiger partial charge >= 0.3 is 0 Å². The van der Waals surface area contributed by atoms with Crippen LogP contribution in [0.5, 0.6) is 0 Å². The van der Waals surface area contributed by atoms with Gasteiger partial charge < -0.3 is 4.42 Å². The van der Waals surface area contributed by atoms with Crippen molar-refractivity contribution < 1.29 is 30.5 Å². The Balaban J connectivity index is 1.26. The van der Waals surface area contributed by atoms with Crippen molar-refractivity contribution in [2.24, 2.45) is 0 Å². The second-order valence-electron chi connectivity index (χ2n) is 12.1. The second-order valence-corrected chi connectivity index (χ2v) is 12.1. The molecule has 10 rings (SSSR count). The fraction of sp³-hybridized carbons (Fsp3) is 0.0400. The highest BCUT2D eigenvalue weighted by atomic mass is 16.3. The molecule has 1 heteroatoms. The molecule has 9 aromatic carbocycles. The first-order chi connectivity index (χ1) is 33.2. The minimum atomic E-state index is -0.750. The van der Waals surface area contributed by atoms with Crippen LogP contribution in [0.3, 0.4) is 0 Å². The van der Waals surface area contributed by atoms with Crippen molar-refractivity contribution in [2.45, 2.75) is 12.8 Å². The van der Waals surface area contributed by atoms with Crippen LogP contribution in [-0.2, 0) is 12.8 Å². The monoisotopic (exact) mass is 669 g/mol. The minimum absolute atomic E-state index is 0.0466. The molecule has 51 heavy (non-hydrogen) atoms. The summed E-state index contributed by atoms with van der Waals surface area (Å²) >= 11 is 0. The van der Waals surface area contributed by atoms with Crippen molar-refractivity contribution in [2.75, 3.05) is 0 Å². The maximum atomic E-state index is 9.61. The van der Waals surface area contributed by atoms with Crippen LogP contribution in [0.15, 0.2) is 186 Å². The summed E-state index contributed by atoms with van der Waals surface area (Å²) in [6, 6.07) is 8.05. The summed E-state index contributed by atoms with van der Waals surface area (Å²) < 4.78 is 177. The largest absolute Gasteiger partial charge is 0.456 e. The first kappa shape index (κ1) is 16.1. The lowest BCUT2D eigenvalue weighted by atomic mass is 9.86. The molecule has 0 aliphatic heterocycles. The lowest BCUT2D eigenvalue weighted by Gasteiger charge is -2.17. The molecule has 0 bridgehead atoms. The Labute approximate surface area is 323 Å². The summed E-state index contributed by atoms with van der Waals surface area (Å²) in [5.74, 6) is 0. The molecule has 10 aromatic rings. The zero-order valence-electron chi connectivity index (χ0n) is 45.7. The van der Waals surface area contributed by atoms with Gasteiger partial charge in [0.25, 0.3) is 0 Å². The van der Waals surface area contributed by atoms with Gasteiger partial charge in [-0.1, -0.05) is 157 Å². The van der Waals surface area contributed by atoms with E-state index in [1.165, 1.54) is 0 Å². The molecule has 0 saturated heterocycles. The maximum absolute atomic E-state index is 9.61. The fourth-order valence-corrected chi connectivity index (χ4v) is 6.83. The molecule has 0 radical (unpaired) electrons. The maximum Gasteiger partial charge on any atom is 0.136 e. The van der Waals surface area contributed by atoms with Gasteiger partial charge in [0.1, 0.15) is 11.2 Å². The van der Waals surface area contributed by atoms with Crippen LogP contribution in [0.4, 0.5) is 0 Å². The smallest absolute Gasteiger partial charge is 0.136 e. The normalized spacial score (nSPS) is 16.9. The molecule has 240 valence electrons. The van der Waals surface area contributed by atoms with Gasteiger partial charge in [0.2, 0.25) is 0 Å². The Morgan fingerprint density at radius 2 is 1.08 bits per heavy atom. The highest BCUT2D eigenvalue weighted by Gasteiger charge is 2.16. The fourth-order valence-electron chi connectivity index (χ4n) is 6.83. The number of hydrogen-bond donors (Lipinski definition) is 0. The summed E-state index contributed by atoms with van der Waals surface area (Å²) in [5, 5.41) is -0.639. The van der Waals surface area contributed by atoms with Crippen molar-refractivity contribution in [3.8, 4) is 22.3 Å². The number of fused-ring (bicyclic) bond motifs is 6. The standard InChI is InChI=1S/C50H34O/c1-3-12-33(13-4-1)29-45-41-16-7-9-18-43(41)46(44-19-10-8-17-42(44)45)30-34-22-23-37-31-39(25-24-36(37)28-34)40-20-11-21-49-50(40)47-32-38(26-27-48(47)51-49)35-14-5-2-6-15-35/h1-28,31-32H,29-30H2/i1D,3D,4D,7D,8D,9D,10D,12D,13D,16D,17D,18D,19D,22D,23D,24D,25D,28D,31D. The summed E-state index contributed by atoms with van der Waals surface area (Å²) in [5.41, 5.74) is 2.04. The van der Waals surface area contributed by atoms with Crippen molar-refractivity contribution in [3.05, 3.63) is 204 Å². The molecule has 0 aliphatic carbocycles. The van der Waals surface area contributed by atoms with Gasteiger partial charge in [-0.25, -0.2) is 0 Å². The molecule has 1 nitrogen and oxygen atoms in total. The van der Waals surface area contributed by atoms with Gasteiger partial charge in [0, 0.05) is 10.8 Å². The highest BCUT2D eigenvalue weighted by Crippen LogP contribution is 2.40. The van der Waals surface area contributed by atoms with Gasteiger partial charge in [0.15, 0.2) is 0 Å². The quantitative estimate of drug-likeness (QED) is 0.161. The SMILES string of the molecule is [2H]c1c([2H])c([2H])c(Cc2c3c([2H])c([2H])c([2H])c([2H])c3c(Cc3c([2H])c([2H])c4c([2H])c(-c5cccc6oc7ccc(-c8ccccc8)cc7c56)c([2H])c([2H])c4c3[2H])c3c([2H])c([2H])c([2H])c([2H])c23)c([2H])c1[2H]. The van der Waals surface area contributed by atoms with Crippen molar-refractivity contribution in [1.29, 1.82) is 0 Å². The molecule has 0 amide bonds. The number of hydrogen-bond acceptors (Lipinski definition) is 1. The lowest BCUT2D eigenvalue weighted by molar-refractivity contribution is 0.669. The van der Waals surface area contributed by atoms with Crippen LogP contribution in [0.2, 0.25) is 0 Å². The topological polar surface area (TPSA) is 13.1 Å². The van der Waals surface area contributed by atoms with E-state index in [1.54, 1.807) is 18.2 Å². The third kappa shape index (κ3) is 5.18. The van der Waals surface area contributed by atoms with Gasteiger partial charge in [-0.2, -0.15) is 0 Å². The average molecular weight is 670 g/mol. The molecule has 1 heterocycles. The molecular formula is C50H34O. The molecule has 0 saturated carbocycles. The van der Waals surface area contributed by atoms with E-state index in [4.69, 9.17) is 16.8 Å². The third-order valence-corrected chi connectivity index (χ3v) is 9.14. The predicted octanol–water partition coefficient (Wildman–Crippen LogP) is 13.6. The molecule has 1 aromatic heterocycles. The minimum Gasteiger partial charge on any atom is -0.456 e. The zero-order valence-corrected chi connectivity index (χ0v) is 26.7. The van der Waals surface area contributed by atoms with E-state index in [0.29, 0.717) is 27.5 Å². The Kier molecular flexibility index (Phi) is 3.83. The second kappa shape index (κ2) is 12.2. The lowest BCUT2D eigenvalue weighted by Crippen LogP contribution is -1.98. The summed E-state index contributed by atoms with van der Waals surface area (Å²) in [6.07, 6.45) is -1.33. The van der Waals surface area contributed by atoms with Crippen LogP contribution in [0.25, 0.3) is 76.5 Å². The Hall–Kier alpha value is -6.44. The van der Waals surface area contributed by atoms with Crippen LogP contribution in [0, 0.1) is 0 Å². The first-order valence-electron chi connectivity index (χ1n) is 25.7. The van der Waals surface area contributed by atoms with E-state index < -0.39 is 128 Å². The van der Waals surface area contributed by atoms with E-state index in [9.17, 15) is 13.7 Å². The van der Waals surface area contributed by atoms with Gasteiger partial charge in [0.05, 0.1) is 26.0 Å². The van der Waals surface area contributed by atoms with E-state index in [0.717, 1.165) is 11.1 Å². The molecule has 0 aliphatic rings. The highest BCUT2D eigenvalue weighted by molar-refractivity contribution is 6.14. The van der Waals surface area contributed by atoms with Crippen LogP contribution >= 0.6 is 0 Å². The zero-order chi connectivity index (χ0) is 50.3. The number of furan rings is 1. The Morgan fingerprint density at radius 1 is 0.431 bits per heavy atom. The predicted molar refractivity (Wildman–Crippen MR) is 216 cm³/mol. The van der Waals surface area contributed by atoms with E-state index >= 15 is 0 Å². The van der Waals surface area contributed by atoms with Gasteiger partial charge in [-0.15, -0.1) is 0 Å². The van der Waals surface area contributed by atoms with E-state index in [-0.39, 0.29) is 60.1 Å². The summed E-state index contributed by atoms with van der Waals surface area (Å²) in [6.45, 7) is 0. The molecule has 0 spiro atoms. The number of rotatable bonds is 6. The summed E-state index contributed by atoms with van der Waals surface area (Å²) in [7, 11) is 0. The molecule has 0 fully saturated rings. The average Bonchev–Trinajstić information content (AvgIpc) is 3.74. The number of benzene rings is 9.